The number of nitrogens with one attached hydrogen (secondary N) is 2. The van der Waals surface area contributed by atoms with Crippen molar-refractivity contribution in [3.63, 3.8) is 0 Å². The van der Waals surface area contributed by atoms with E-state index in [4.69, 9.17) is 16.3 Å². The third-order valence-corrected chi connectivity index (χ3v) is 3.84. The Morgan fingerprint density at radius 3 is 2.48 bits per heavy atom. The van der Waals surface area contributed by atoms with Gasteiger partial charge in [-0.15, -0.1) is 0 Å². The maximum atomic E-state index is 11.8. The molecule has 122 valence electrons. The van der Waals surface area contributed by atoms with Crippen LogP contribution in [0.25, 0.3) is 0 Å². The molecule has 0 unspecified atom stereocenters. The van der Waals surface area contributed by atoms with Gasteiger partial charge >= 0.3 is 0 Å². The number of methoxy groups -OCH3 is 1. The SMILES string of the molecule is COc1ccccc1CNCCC(=O)NCc1ccccc1Cl. The number of carbonyl (C=O) groups is 1. The fourth-order valence-corrected chi connectivity index (χ4v) is 2.40. The summed E-state index contributed by atoms with van der Waals surface area (Å²) in [6.07, 6.45) is 0.416. The largest absolute Gasteiger partial charge is 0.496 e. The first-order valence-corrected chi connectivity index (χ1v) is 7.91. The van der Waals surface area contributed by atoms with E-state index in [1.54, 1.807) is 7.11 Å². The molecule has 0 saturated carbocycles. The van der Waals surface area contributed by atoms with Crippen LogP contribution in [-0.2, 0) is 17.9 Å². The summed E-state index contributed by atoms with van der Waals surface area (Å²) in [5.41, 5.74) is 2.00. The molecule has 0 aliphatic rings. The summed E-state index contributed by atoms with van der Waals surface area (Å²) in [5.74, 6) is 0.848. The van der Waals surface area contributed by atoms with Crippen molar-refractivity contribution in [2.45, 2.75) is 19.5 Å². The molecule has 0 radical (unpaired) electrons. The lowest BCUT2D eigenvalue weighted by molar-refractivity contribution is -0.121. The van der Waals surface area contributed by atoms with Gasteiger partial charge in [0.2, 0.25) is 5.91 Å². The maximum absolute atomic E-state index is 11.8. The Balaban J connectivity index is 1.68. The van der Waals surface area contributed by atoms with Crippen LogP contribution in [0, 0.1) is 0 Å². The van der Waals surface area contributed by atoms with Gasteiger partial charge in [0.05, 0.1) is 7.11 Å². The Morgan fingerprint density at radius 2 is 1.74 bits per heavy atom. The quantitative estimate of drug-likeness (QED) is 0.730. The van der Waals surface area contributed by atoms with Gasteiger partial charge < -0.3 is 15.4 Å². The zero-order chi connectivity index (χ0) is 16.5. The van der Waals surface area contributed by atoms with E-state index in [1.165, 1.54) is 0 Å². The van der Waals surface area contributed by atoms with Crippen LogP contribution in [0.5, 0.6) is 5.75 Å². The minimum atomic E-state index is -0.00236. The Hall–Kier alpha value is -2.04. The van der Waals surface area contributed by atoms with Crippen LogP contribution in [0.1, 0.15) is 17.5 Å². The molecule has 0 aliphatic carbocycles. The number of carbonyl (C=O) groups excluding carboxylic acids is 1. The molecule has 0 spiro atoms. The molecular weight excluding hydrogens is 312 g/mol. The Kier molecular flexibility index (Phi) is 6.91. The minimum absolute atomic E-state index is 0.00236. The first kappa shape index (κ1) is 17.3. The van der Waals surface area contributed by atoms with Gasteiger partial charge in [-0.2, -0.15) is 0 Å². The number of amides is 1. The average molecular weight is 333 g/mol. The molecule has 0 fully saturated rings. The van der Waals surface area contributed by atoms with Crippen molar-refractivity contribution in [3.8, 4) is 5.75 Å². The van der Waals surface area contributed by atoms with Crippen LogP contribution in [0.4, 0.5) is 0 Å². The normalized spacial score (nSPS) is 10.3. The maximum Gasteiger partial charge on any atom is 0.221 e. The van der Waals surface area contributed by atoms with Crippen molar-refractivity contribution in [2.75, 3.05) is 13.7 Å². The van der Waals surface area contributed by atoms with Crippen LogP contribution in [0.15, 0.2) is 48.5 Å². The molecule has 2 aromatic rings. The standard InChI is InChI=1S/C18H21ClN2O2/c1-23-17-9-5-3-7-15(17)12-20-11-10-18(22)21-13-14-6-2-4-8-16(14)19/h2-9,20H,10-13H2,1H3,(H,21,22). The Bertz CT molecular complexity index is 646. The second-order valence-electron chi connectivity index (χ2n) is 5.11. The predicted molar refractivity (Wildman–Crippen MR) is 92.6 cm³/mol. The number of para-hydroxylation sites is 1. The van der Waals surface area contributed by atoms with E-state index in [-0.39, 0.29) is 5.91 Å². The molecule has 2 rings (SSSR count). The summed E-state index contributed by atoms with van der Waals surface area (Å²) >= 11 is 6.06. The molecule has 0 atom stereocenters. The second kappa shape index (κ2) is 9.18. The number of hydrogen-bond donors (Lipinski definition) is 2. The number of benzene rings is 2. The van der Waals surface area contributed by atoms with Gasteiger partial charge in [0.15, 0.2) is 0 Å². The third-order valence-electron chi connectivity index (χ3n) is 3.47. The summed E-state index contributed by atoms with van der Waals surface area (Å²) in [6, 6.07) is 15.3. The molecule has 2 N–H and O–H groups in total. The highest BCUT2D eigenvalue weighted by Crippen LogP contribution is 2.16. The van der Waals surface area contributed by atoms with Gasteiger partial charge in [0.1, 0.15) is 5.75 Å². The average Bonchev–Trinajstić information content (AvgIpc) is 2.58. The summed E-state index contributed by atoms with van der Waals surface area (Å²) < 4.78 is 5.29. The molecule has 0 heterocycles. The summed E-state index contributed by atoms with van der Waals surface area (Å²) in [5, 5.41) is 6.79. The van der Waals surface area contributed by atoms with E-state index < -0.39 is 0 Å². The molecule has 0 aromatic heterocycles. The van der Waals surface area contributed by atoms with Gasteiger partial charge in [-0.1, -0.05) is 48.0 Å². The van der Waals surface area contributed by atoms with E-state index in [0.717, 1.165) is 16.9 Å². The van der Waals surface area contributed by atoms with E-state index in [9.17, 15) is 4.79 Å². The summed E-state index contributed by atoms with van der Waals surface area (Å²) in [4.78, 5) is 11.8. The fraction of sp³-hybridized carbons (Fsp3) is 0.278. The monoisotopic (exact) mass is 332 g/mol. The fourth-order valence-electron chi connectivity index (χ4n) is 2.20. The van der Waals surface area contributed by atoms with Gasteiger partial charge in [-0.25, -0.2) is 0 Å². The van der Waals surface area contributed by atoms with Crippen LogP contribution in [-0.4, -0.2) is 19.6 Å². The molecule has 0 aliphatic heterocycles. The minimum Gasteiger partial charge on any atom is -0.496 e. The highest BCUT2D eigenvalue weighted by atomic mass is 35.5. The molecule has 5 heteroatoms. The molecule has 1 amide bonds. The molecular formula is C18H21ClN2O2. The smallest absolute Gasteiger partial charge is 0.221 e. The number of rotatable bonds is 8. The number of ether oxygens (including phenoxy) is 1. The van der Waals surface area contributed by atoms with Gasteiger partial charge in [-0.05, 0) is 17.7 Å². The molecule has 0 saturated heterocycles. The molecule has 0 bridgehead atoms. The van der Waals surface area contributed by atoms with Crippen molar-refractivity contribution in [1.82, 2.24) is 10.6 Å². The number of halogens is 1. The van der Waals surface area contributed by atoms with Crippen LogP contribution < -0.4 is 15.4 Å². The van der Waals surface area contributed by atoms with Crippen molar-refractivity contribution in [3.05, 3.63) is 64.7 Å². The van der Waals surface area contributed by atoms with Gasteiger partial charge in [0.25, 0.3) is 0 Å². The lowest BCUT2D eigenvalue weighted by Gasteiger charge is -2.10. The summed E-state index contributed by atoms with van der Waals surface area (Å²) in [6.45, 7) is 1.72. The summed E-state index contributed by atoms with van der Waals surface area (Å²) in [7, 11) is 1.65. The molecule has 4 nitrogen and oxygen atoms in total. The topological polar surface area (TPSA) is 50.4 Å². The van der Waals surface area contributed by atoms with Crippen molar-refractivity contribution < 1.29 is 9.53 Å². The molecule has 23 heavy (non-hydrogen) atoms. The van der Waals surface area contributed by atoms with Crippen molar-refractivity contribution >= 4 is 17.5 Å². The molecule has 2 aromatic carbocycles. The highest BCUT2D eigenvalue weighted by Gasteiger charge is 2.04. The first-order valence-electron chi connectivity index (χ1n) is 7.53. The highest BCUT2D eigenvalue weighted by molar-refractivity contribution is 6.31. The predicted octanol–water partition coefficient (Wildman–Crippen LogP) is 3.14. The van der Waals surface area contributed by atoms with E-state index >= 15 is 0 Å². The van der Waals surface area contributed by atoms with Gasteiger partial charge in [0, 0.05) is 36.6 Å². The lowest BCUT2D eigenvalue weighted by Crippen LogP contribution is -2.27. The van der Waals surface area contributed by atoms with Crippen LogP contribution in [0.2, 0.25) is 5.02 Å². The zero-order valence-corrected chi connectivity index (χ0v) is 13.9. The first-order chi connectivity index (χ1) is 11.2. The lowest BCUT2D eigenvalue weighted by atomic mass is 10.2. The van der Waals surface area contributed by atoms with Crippen LogP contribution in [0.3, 0.4) is 0 Å². The van der Waals surface area contributed by atoms with E-state index in [1.807, 2.05) is 48.5 Å². The number of hydrogen-bond acceptors (Lipinski definition) is 3. The van der Waals surface area contributed by atoms with E-state index in [2.05, 4.69) is 10.6 Å². The van der Waals surface area contributed by atoms with E-state index in [0.29, 0.717) is 31.1 Å². The Morgan fingerprint density at radius 1 is 1.04 bits per heavy atom. The van der Waals surface area contributed by atoms with Crippen molar-refractivity contribution in [2.24, 2.45) is 0 Å². The Labute approximate surface area is 141 Å². The third kappa shape index (κ3) is 5.58. The van der Waals surface area contributed by atoms with Gasteiger partial charge in [-0.3, -0.25) is 4.79 Å². The van der Waals surface area contributed by atoms with Crippen LogP contribution >= 0.6 is 11.6 Å². The zero-order valence-electron chi connectivity index (χ0n) is 13.1. The second-order valence-corrected chi connectivity index (χ2v) is 5.51. The van der Waals surface area contributed by atoms with Crippen molar-refractivity contribution in [1.29, 1.82) is 0 Å².